The summed E-state index contributed by atoms with van der Waals surface area (Å²) in [6, 6.07) is 5.85. The number of hydrogen-bond acceptors (Lipinski definition) is 4. The van der Waals surface area contributed by atoms with E-state index in [9.17, 15) is 9.59 Å². The highest BCUT2D eigenvalue weighted by Gasteiger charge is 2.34. The Morgan fingerprint density at radius 1 is 1.12 bits per heavy atom. The van der Waals surface area contributed by atoms with Crippen LogP contribution in [-0.2, 0) is 16.0 Å². The molecule has 1 N–H and O–H groups in total. The maximum atomic E-state index is 13.1. The molecule has 2 unspecified atom stereocenters. The molecule has 0 spiro atoms. The van der Waals surface area contributed by atoms with Gasteiger partial charge < -0.3 is 19.9 Å². The molecule has 0 radical (unpaired) electrons. The van der Waals surface area contributed by atoms with E-state index < -0.39 is 5.60 Å². The fourth-order valence-electron chi connectivity index (χ4n) is 4.82. The zero-order valence-electron chi connectivity index (χ0n) is 20.0. The van der Waals surface area contributed by atoms with Gasteiger partial charge >= 0.3 is 6.09 Å². The number of nitrogens with one attached hydrogen (secondary N) is 1. The Labute approximate surface area is 207 Å². The summed E-state index contributed by atoms with van der Waals surface area (Å²) in [5, 5.41) is 3.84. The normalized spacial score (nSPS) is 21.6. The summed E-state index contributed by atoms with van der Waals surface area (Å²) in [6.07, 6.45) is 6.69. The van der Waals surface area contributed by atoms with E-state index in [0.29, 0.717) is 29.2 Å². The molecule has 8 heteroatoms. The highest BCUT2D eigenvalue weighted by atomic mass is 35.5. The summed E-state index contributed by atoms with van der Waals surface area (Å²) in [5.41, 5.74) is 0.238. The van der Waals surface area contributed by atoms with Crippen LogP contribution >= 0.6 is 23.2 Å². The third-order valence-corrected chi connectivity index (χ3v) is 7.11. The molecular formula is C25H37Cl2N3O3. The van der Waals surface area contributed by atoms with Crippen LogP contribution in [0.2, 0.25) is 10.0 Å². The van der Waals surface area contributed by atoms with Crippen molar-refractivity contribution in [2.45, 2.75) is 83.4 Å². The molecule has 1 aliphatic carbocycles. The second-order valence-electron chi connectivity index (χ2n) is 10.2. The van der Waals surface area contributed by atoms with E-state index in [1.165, 1.54) is 19.3 Å². The first-order chi connectivity index (χ1) is 15.6. The Bertz CT molecular complexity index is 822. The molecule has 2 amide bonds. The van der Waals surface area contributed by atoms with Crippen LogP contribution in [0.1, 0.15) is 64.9 Å². The summed E-state index contributed by atoms with van der Waals surface area (Å²) >= 11 is 12.0. The Morgan fingerprint density at radius 3 is 2.52 bits per heavy atom. The van der Waals surface area contributed by atoms with Crippen LogP contribution in [-0.4, -0.2) is 65.7 Å². The molecule has 33 heavy (non-hydrogen) atoms. The molecule has 2 atom stereocenters. The second kappa shape index (κ2) is 11.8. The SMILES string of the molecule is CC(C)(C)OC(=O)N(CCNC(=O)Cc1ccc(Cl)c(Cl)c1)C1CCCC(N2CCCC2)C1. The second-order valence-corrected chi connectivity index (χ2v) is 11.0. The molecule has 1 saturated carbocycles. The molecule has 2 aliphatic rings. The van der Waals surface area contributed by atoms with Gasteiger partial charge in [-0.05, 0) is 90.1 Å². The number of likely N-dealkylation sites (tertiary alicyclic amines) is 1. The largest absolute Gasteiger partial charge is 0.444 e. The number of carbonyl (C=O) groups is 2. The lowest BCUT2D eigenvalue weighted by molar-refractivity contribution is -0.120. The van der Waals surface area contributed by atoms with E-state index in [1.807, 2.05) is 25.7 Å². The molecule has 1 heterocycles. The highest BCUT2D eigenvalue weighted by Crippen LogP contribution is 2.29. The van der Waals surface area contributed by atoms with Crippen LogP contribution in [0.5, 0.6) is 0 Å². The van der Waals surface area contributed by atoms with Crippen molar-refractivity contribution in [2.24, 2.45) is 0 Å². The van der Waals surface area contributed by atoms with E-state index in [0.717, 1.165) is 37.9 Å². The molecule has 6 nitrogen and oxygen atoms in total. The summed E-state index contributed by atoms with van der Waals surface area (Å²) < 4.78 is 5.72. The molecule has 1 aromatic rings. The number of hydrogen-bond donors (Lipinski definition) is 1. The van der Waals surface area contributed by atoms with Gasteiger partial charge in [-0.1, -0.05) is 29.3 Å². The number of benzene rings is 1. The molecule has 3 rings (SSSR count). The van der Waals surface area contributed by atoms with Crippen molar-refractivity contribution in [1.29, 1.82) is 0 Å². The molecular weight excluding hydrogens is 461 g/mol. The van der Waals surface area contributed by atoms with Gasteiger partial charge in [-0.3, -0.25) is 4.79 Å². The van der Waals surface area contributed by atoms with Crippen LogP contribution in [0.25, 0.3) is 0 Å². The highest BCUT2D eigenvalue weighted by molar-refractivity contribution is 6.42. The van der Waals surface area contributed by atoms with Gasteiger partial charge in [0.15, 0.2) is 0 Å². The lowest BCUT2D eigenvalue weighted by atomic mass is 9.89. The van der Waals surface area contributed by atoms with Crippen molar-refractivity contribution < 1.29 is 14.3 Å². The van der Waals surface area contributed by atoms with E-state index in [-0.39, 0.29) is 24.5 Å². The summed E-state index contributed by atoms with van der Waals surface area (Å²) in [7, 11) is 0. The van der Waals surface area contributed by atoms with E-state index in [2.05, 4.69) is 10.2 Å². The predicted molar refractivity (Wildman–Crippen MR) is 133 cm³/mol. The zero-order chi connectivity index (χ0) is 24.0. The van der Waals surface area contributed by atoms with Gasteiger partial charge in [0.05, 0.1) is 16.5 Å². The van der Waals surface area contributed by atoms with Gasteiger partial charge in [0.1, 0.15) is 5.60 Å². The van der Waals surface area contributed by atoms with Crippen LogP contribution < -0.4 is 5.32 Å². The third-order valence-electron chi connectivity index (χ3n) is 6.37. The summed E-state index contributed by atoms with van der Waals surface area (Å²) in [4.78, 5) is 30.0. The molecule has 1 aliphatic heterocycles. The van der Waals surface area contributed by atoms with Crippen LogP contribution in [0.4, 0.5) is 4.79 Å². The Hall–Kier alpha value is -1.50. The topological polar surface area (TPSA) is 61.9 Å². The summed E-state index contributed by atoms with van der Waals surface area (Å²) in [5.74, 6) is -0.115. The van der Waals surface area contributed by atoms with Crippen molar-refractivity contribution in [2.75, 3.05) is 26.2 Å². The predicted octanol–water partition coefficient (Wildman–Crippen LogP) is 5.30. The number of rotatable bonds is 7. The Morgan fingerprint density at radius 2 is 1.85 bits per heavy atom. The zero-order valence-corrected chi connectivity index (χ0v) is 21.6. The fourth-order valence-corrected chi connectivity index (χ4v) is 5.14. The molecule has 1 aromatic carbocycles. The number of halogens is 2. The average Bonchev–Trinajstić information content (AvgIpc) is 3.28. The van der Waals surface area contributed by atoms with Crippen LogP contribution in [0.15, 0.2) is 18.2 Å². The van der Waals surface area contributed by atoms with Crippen LogP contribution in [0, 0.1) is 0 Å². The quantitative estimate of drug-likeness (QED) is 0.555. The van der Waals surface area contributed by atoms with Crippen molar-refractivity contribution in [3.05, 3.63) is 33.8 Å². The maximum absolute atomic E-state index is 13.1. The van der Waals surface area contributed by atoms with E-state index in [1.54, 1.807) is 18.2 Å². The molecule has 1 saturated heterocycles. The smallest absolute Gasteiger partial charge is 0.410 e. The Kier molecular flexibility index (Phi) is 9.31. The van der Waals surface area contributed by atoms with Crippen molar-refractivity contribution in [3.8, 4) is 0 Å². The van der Waals surface area contributed by atoms with Gasteiger partial charge in [0.25, 0.3) is 0 Å². The van der Waals surface area contributed by atoms with Crippen LogP contribution in [0.3, 0.4) is 0 Å². The lowest BCUT2D eigenvalue weighted by Gasteiger charge is -2.41. The molecule has 2 fully saturated rings. The first-order valence-corrected chi connectivity index (χ1v) is 12.8. The third kappa shape index (κ3) is 8.04. The minimum atomic E-state index is -0.560. The molecule has 184 valence electrons. The maximum Gasteiger partial charge on any atom is 0.410 e. The van der Waals surface area contributed by atoms with Gasteiger partial charge in [0.2, 0.25) is 5.91 Å². The van der Waals surface area contributed by atoms with Gasteiger partial charge in [-0.25, -0.2) is 4.79 Å². The van der Waals surface area contributed by atoms with Crippen molar-refractivity contribution >= 4 is 35.2 Å². The number of amides is 2. The first-order valence-electron chi connectivity index (χ1n) is 12.1. The summed E-state index contributed by atoms with van der Waals surface area (Å²) in [6.45, 7) is 8.79. The molecule has 0 aromatic heterocycles. The van der Waals surface area contributed by atoms with E-state index >= 15 is 0 Å². The minimum Gasteiger partial charge on any atom is -0.444 e. The van der Waals surface area contributed by atoms with Gasteiger partial charge in [-0.2, -0.15) is 0 Å². The number of ether oxygens (including phenoxy) is 1. The Balaban J connectivity index is 1.58. The average molecular weight is 498 g/mol. The lowest BCUT2D eigenvalue weighted by Crippen LogP contribution is -2.51. The molecule has 0 bridgehead atoms. The van der Waals surface area contributed by atoms with Crippen molar-refractivity contribution in [3.63, 3.8) is 0 Å². The van der Waals surface area contributed by atoms with E-state index in [4.69, 9.17) is 27.9 Å². The minimum absolute atomic E-state index is 0.115. The first kappa shape index (κ1) is 26.1. The monoisotopic (exact) mass is 497 g/mol. The number of carbonyl (C=O) groups excluding carboxylic acids is 2. The van der Waals surface area contributed by atoms with Crippen molar-refractivity contribution in [1.82, 2.24) is 15.1 Å². The fraction of sp³-hybridized carbons (Fsp3) is 0.680. The standard InChI is InChI=1S/C25H37Cl2N3O3/c1-25(2,3)33-24(32)30(20-8-6-7-19(17-20)29-12-4-5-13-29)14-11-28-23(31)16-18-9-10-21(26)22(27)15-18/h9-10,15,19-20H,4-8,11-14,16-17H2,1-3H3,(H,28,31). The number of nitrogens with zero attached hydrogens (tertiary/aromatic N) is 2. The van der Waals surface area contributed by atoms with Gasteiger partial charge in [-0.15, -0.1) is 0 Å². The van der Waals surface area contributed by atoms with Gasteiger partial charge in [0, 0.05) is 25.2 Å².